The fraction of sp³-hybridized carbons (Fsp3) is 0.231. The summed E-state index contributed by atoms with van der Waals surface area (Å²) in [5, 5.41) is 0. The highest BCUT2D eigenvalue weighted by molar-refractivity contribution is 7.16. The first-order valence-corrected chi connectivity index (χ1v) is 6.91. The molecule has 1 aromatic heterocycles. The molecule has 1 atom stereocenters. The van der Waals surface area contributed by atoms with E-state index in [0.717, 1.165) is 10.9 Å². The maximum absolute atomic E-state index is 13.1. The van der Waals surface area contributed by atoms with Crippen molar-refractivity contribution in [2.45, 2.75) is 18.9 Å². The van der Waals surface area contributed by atoms with Gasteiger partial charge in [-0.05, 0) is 42.7 Å². The average molecular weight is 303 g/mol. The Morgan fingerprint density at radius 2 is 1.84 bits per heavy atom. The number of benzene rings is 1. The van der Waals surface area contributed by atoms with Gasteiger partial charge in [-0.25, -0.2) is 8.78 Å². The first-order valence-electron chi connectivity index (χ1n) is 5.72. The van der Waals surface area contributed by atoms with Crippen molar-refractivity contribution in [2.75, 3.05) is 0 Å². The van der Waals surface area contributed by atoms with Crippen LogP contribution in [0.15, 0.2) is 30.3 Å². The summed E-state index contributed by atoms with van der Waals surface area (Å²) >= 11 is 7.33. The predicted octanol–water partition coefficient (Wildman–Crippen LogP) is 3.30. The lowest BCUT2D eigenvalue weighted by Crippen LogP contribution is -2.38. The molecule has 19 heavy (non-hydrogen) atoms. The normalized spacial score (nSPS) is 12.6. The third-order valence-electron chi connectivity index (χ3n) is 2.72. The molecule has 0 saturated carbocycles. The summed E-state index contributed by atoms with van der Waals surface area (Å²) in [6.07, 6.45) is 1.10. The Labute approximate surface area is 119 Å². The Morgan fingerprint density at radius 3 is 2.37 bits per heavy atom. The van der Waals surface area contributed by atoms with Gasteiger partial charge in [0.15, 0.2) is 0 Å². The molecule has 0 saturated heterocycles. The van der Waals surface area contributed by atoms with E-state index < -0.39 is 11.6 Å². The highest BCUT2D eigenvalue weighted by Crippen LogP contribution is 2.23. The molecule has 1 aromatic carbocycles. The first kappa shape index (κ1) is 14.4. The second kappa shape index (κ2) is 6.43. The van der Waals surface area contributed by atoms with Crippen molar-refractivity contribution in [1.82, 2.24) is 5.43 Å². The van der Waals surface area contributed by atoms with E-state index in [0.29, 0.717) is 22.7 Å². The van der Waals surface area contributed by atoms with Gasteiger partial charge in [0, 0.05) is 17.0 Å². The van der Waals surface area contributed by atoms with Crippen molar-refractivity contribution in [3.8, 4) is 0 Å². The molecule has 6 heteroatoms. The molecule has 0 aliphatic carbocycles. The van der Waals surface area contributed by atoms with Crippen LogP contribution in [0.2, 0.25) is 4.34 Å². The predicted molar refractivity (Wildman–Crippen MR) is 74.2 cm³/mol. The molecule has 0 spiro atoms. The number of nitrogens with two attached hydrogens (primary N) is 1. The minimum Gasteiger partial charge on any atom is -0.271 e. The number of halogens is 3. The lowest BCUT2D eigenvalue weighted by atomic mass is 10.0. The fourth-order valence-electron chi connectivity index (χ4n) is 1.91. The van der Waals surface area contributed by atoms with Crippen LogP contribution in [0.1, 0.15) is 10.4 Å². The van der Waals surface area contributed by atoms with Crippen molar-refractivity contribution >= 4 is 22.9 Å². The van der Waals surface area contributed by atoms with Crippen molar-refractivity contribution in [2.24, 2.45) is 5.84 Å². The van der Waals surface area contributed by atoms with Gasteiger partial charge in [0.1, 0.15) is 11.6 Å². The van der Waals surface area contributed by atoms with E-state index >= 15 is 0 Å². The molecule has 0 radical (unpaired) electrons. The Balaban J connectivity index is 2.06. The summed E-state index contributed by atoms with van der Waals surface area (Å²) in [6, 6.07) is 7.12. The maximum atomic E-state index is 13.1. The standard InChI is InChI=1S/C13H13ClF2N2S/c14-13-2-1-12(19-13)7-11(18-17)5-8-3-9(15)6-10(16)4-8/h1-4,6,11,18H,5,7,17H2. The van der Waals surface area contributed by atoms with Crippen LogP contribution in [0.4, 0.5) is 8.78 Å². The SMILES string of the molecule is NNC(Cc1cc(F)cc(F)c1)Cc1ccc(Cl)s1. The molecule has 2 aromatic rings. The second-order valence-corrected chi connectivity index (χ2v) is 6.05. The van der Waals surface area contributed by atoms with Crippen LogP contribution in [0.25, 0.3) is 0 Å². The van der Waals surface area contributed by atoms with Gasteiger partial charge in [0.05, 0.1) is 4.34 Å². The van der Waals surface area contributed by atoms with Gasteiger partial charge in [-0.2, -0.15) is 0 Å². The Bertz CT molecular complexity index is 539. The quantitative estimate of drug-likeness (QED) is 0.657. The minimum absolute atomic E-state index is 0.101. The zero-order valence-corrected chi connectivity index (χ0v) is 11.6. The van der Waals surface area contributed by atoms with Crippen molar-refractivity contribution in [3.63, 3.8) is 0 Å². The highest BCUT2D eigenvalue weighted by atomic mass is 35.5. The third-order valence-corrected chi connectivity index (χ3v) is 3.97. The smallest absolute Gasteiger partial charge is 0.126 e. The van der Waals surface area contributed by atoms with Gasteiger partial charge in [-0.3, -0.25) is 11.3 Å². The zero-order valence-electron chi connectivity index (χ0n) is 10.00. The lowest BCUT2D eigenvalue weighted by molar-refractivity contribution is 0.519. The summed E-state index contributed by atoms with van der Waals surface area (Å²) in [5.41, 5.74) is 3.24. The highest BCUT2D eigenvalue weighted by Gasteiger charge is 2.12. The van der Waals surface area contributed by atoms with E-state index in [1.807, 2.05) is 12.1 Å². The van der Waals surface area contributed by atoms with Crippen LogP contribution in [-0.4, -0.2) is 6.04 Å². The topological polar surface area (TPSA) is 38.0 Å². The summed E-state index contributed by atoms with van der Waals surface area (Å²) in [5.74, 6) is 4.33. The van der Waals surface area contributed by atoms with E-state index in [1.54, 1.807) is 0 Å². The molecule has 0 aliphatic heterocycles. The van der Waals surface area contributed by atoms with Gasteiger partial charge in [-0.1, -0.05) is 11.6 Å². The number of rotatable bonds is 5. The molecule has 3 N–H and O–H groups in total. The van der Waals surface area contributed by atoms with E-state index in [4.69, 9.17) is 17.4 Å². The maximum Gasteiger partial charge on any atom is 0.126 e. The number of hydrazine groups is 1. The summed E-state index contributed by atoms with van der Waals surface area (Å²) in [7, 11) is 0. The molecule has 0 amide bonds. The summed E-state index contributed by atoms with van der Waals surface area (Å²) in [6.45, 7) is 0. The van der Waals surface area contributed by atoms with Gasteiger partial charge in [0.25, 0.3) is 0 Å². The molecule has 2 rings (SSSR count). The van der Waals surface area contributed by atoms with Crippen LogP contribution in [-0.2, 0) is 12.8 Å². The Morgan fingerprint density at radius 1 is 1.16 bits per heavy atom. The van der Waals surface area contributed by atoms with Gasteiger partial charge in [0.2, 0.25) is 0 Å². The van der Waals surface area contributed by atoms with Crippen LogP contribution in [0.3, 0.4) is 0 Å². The zero-order chi connectivity index (χ0) is 13.8. The van der Waals surface area contributed by atoms with Crippen LogP contribution in [0, 0.1) is 11.6 Å². The molecule has 0 fully saturated rings. The van der Waals surface area contributed by atoms with Gasteiger partial charge < -0.3 is 0 Å². The molecule has 1 heterocycles. The molecule has 102 valence electrons. The fourth-order valence-corrected chi connectivity index (χ4v) is 3.08. The number of hydrogen-bond donors (Lipinski definition) is 2. The van der Waals surface area contributed by atoms with Crippen LogP contribution < -0.4 is 11.3 Å². The van der Waals surface area contributed by atoms with Crippen LogP contribution >= 0.6 is 22.9 Å². The van der Waals surface area contributed by atoms with E-state index in [1.165, 1.54) is 23.5 Å². The molecule has 0 aliphatic rings. The summed E-state index contributed by atoms with van der Waals surface area (Å²) < 4.78 is 26.9. The van der Waals surface area contributed by atoms with E-state index in [-0.39, 0.29) is 6.04 Å². The van der Waals surface area contributed by atoms with Crippen LogP contribution in [0.5, 0.6) is 0 Å². The molecule has 2 nitrogen and oxygen atoms in total. The number of nitrogens with one attached hydrogen (secondary N) is 1. The largest absolute Gasteiger partial charge is 0.271 e. The summed E-state index contributed by atoms with van der Waals surface area (Å²) in [4.78, 5) is 1.07. The molecule has 0 bridgehead atoms. The first-order chi connectivity index (χ1) is 9.06. The second-order valence-electron chi connectivity index (χ2n) is 4.26. The molecular weight excluding hydrogens is 290 g/mol. The van der Waals surface area contributed by atoms with Crippen molar-refractivity contribution in [3.05, 3.63) is 56.7 Å². The molecular formula is C13H13ClF2N2S. The minimum atomic E-state index is -0.579. The monoisotopic (exact) mass is 302 g/mol. The third kappa shape index (κ3) is 4.24. The number of thiophene rings is 1. The Hall–Kier alpha value is -1.01. The Kier molecular flexibility index (Phi) is 4.87. The number of hydrogen-bond acceptors (Lipinski definition) is 3. The van der Waals surface area contributed by atoms with E-state index in [9.17, 15) is 8.78 Å². The van der Waals surface area contributed by atoms with Gasteiger partial charge >= 0.3 is 0 Å². The van der Waals surface area contributed by atoms with Crippen molar-refractivity contribution in [1.29, 1.82) is 0 Å². The molecule has 1 unspecified atom stereocenters. The lowest BCUT2D eigenvalue weighted by Gasteiger charge is -2.15. The van der Waals surface area contributed by atoms with E-state index in [2.05, 4.69) is 5.43 Å². The van der Waals surface area contributed by atoms with Crippen molar-refractivity contribution < 1.29 is 8.78 Å². The average Bonchev–Trinajstić information content (AvgIpc) is 2.72. The van der Waals surface area contributed by atoms with Gasteiger partial charge in [-0.15, -0.1) is 11.3 Å².